The van der Waals surface area contributed by atoms with Crippen molar-refractivity contribution in [2.75, 3.05) is 13.2 Å². The summed E-state index contributed by atoms with van der Waals surface area (Å²) in [5.74, 6) is -0.365. The number of nitrogens with one attached hydrogen (secondary N) is 1. The summed E-state index contributed by atoms with van der Waals surface area (Å²) in [6.45, 7) is 1.57. The van der Waals surface area contributed by atoms with Crippen LogP contribution in [0.3, 0.4) is 0 Å². The van der Waals surface area contributed by atoms with Gasteiger partial charge in [-0.25, -0.2) is 0 Å². The van der Waals surface area contributed by atoms with Crippen molar-refractivity contribution in [3.8, 4) is 5.75 Å². The Morgan fingerprint density at radius 1 is 1.10 bits per heavy atom. The maximum atomic E-state index is 12.8. The molecule has 1 aromatic heterocycles. The van der Waals surface area contributed by atoms with Crippen LogP contribution in [0.4, 0.5) is 0 Å². The molecule has 0 radical (unpaired) electrons. The van der Waals surface area contributed by atoms with E-state index in [1.807, 2.05) is 47.1 Å². The van der Waals surface area contributed by atoms with Crippen molar-refractivity contribution in [2.45, 2.75) is 19.1 Å². The van der Waals surface area contributed by atoms with Gasteiger partial charge in [-0.05, 0) is 40.5 Å². The minimum atomic E-state index is -0.331. The minimum absolute atomic E-state index is 0.0337. The molecule has 6 heteroatoms. The number of amides is 1. The molecule has 5 rings (SSSR count). The molecule has 0 unspecified atom stereocenters. The number of fused-ring (bicyclic) bond motifs is 2. The zero-order valence-corrected chi connectivity index (χ0v) is 17.0. The van der Waals surface area contributed by atoms with Gasteiger partial charge in [0.05, 0.1) is 24.4 Å². The zero-order chi connectivity index (χ0) is 21.2. The number of nitrogens with zero attached hydrogens (tertiary/aromatic N) is 2. The fourth-order valence-corrected chi connectivity index (χ4v) is 4.03. The standard InChI is InChI=1S/C25H23N3O3/c29-22-13-19-9-5-4-8-18(19)12-21(22)25(30)26-14-23-24-20(10-11-31-23)16-28(27-24)15-17-6-2-1-3-7-17/h1-9,12-13,16,23,29H,10-11,14-15H2,(H,26,30)/t23-/m0/s1. The van der Waals surface area contributed by atoms with Gasteiger partial charge in [0.15, 0.2) is 0 Å². The SMILES string of the molecule is O=C(NC[C@@H]1OCCc2cn(Cc3ccccc3)nc21)c1cc2ccccc2cc1O. The number of rotatable bonds is 5. The highest BCUT2D eigenvalue weighted by atomic mass is 16.5. The van der Waals surface area contributed by atoms with Gasteiger partial charge in [0.25, 0.3) is 5.91 Å². The van der Waals surface area contributed by atoms with Crippen LogP contribution < -0.4 is 5.32 Å². The Kier molecular flexibility index (Phi) is 5.14. The first-order valence-corrected chi connectivity index (χ1v) is 10.4. The van der Waals surface area contributed by atoms with Crippen LogP contribution in [0.25, 0.3) is 10.8 Å². The molecule has 0 fully saturated rings. The molecule has 1 aliphatic rings. The summed E-state index contributed by atoms with van der Waals surface area (Å²) in [6.07, 6.45) is 2.56. The highest BCUT2D eigenvalue weighted by Crippen LogP contribution is 2.27. The quantitative estimate of drug-likeness (QED) is 0.521. The lowest BCUT2D eigenvalue weighted by atomic mass is 10.0. The third kappa shape index (κ3) is 4.02. The smallest absolute Gasteiger partial charge is 0.255 e. The number of phenolic OH excluding ortho intramolecular Hbond substituents is 1. The molecule has 1 atom stereocenters. The summed E-state index contributed by atoms with van der Waals surface area (Å²) in [7, 11) is 0. The Morgan fingerprint density at radius 3 is 2.65 bits per heavy atom. The molecular weight excluding hydrogens is 390 g/mol. The fourth-order valence-electron chi connectivity index (χ4n) is 4.03. The van der Waals surface area contributed by atoms with Gasteiger partial charge in [0, 0.05) is 12.7 Å². The van der Waals surface area contributed by atoms with Gasteiger partial charge in [0.1, 0.15) is 11.9 Å². The average molecular weight is 413 g/mol. The van der Waals surface area contributed by atoms with Crippen LogP contribution in [0.15, 0.2) is 72.9 Å². The number of phenols is 1. The summed E-state index contributed by atoms with van der Waals surface area (Å²) < 4.78 is 7.83. The minimum Gasteiger partial charge on any atom is -0.507 e. The second-order valence-corrected chi connectivity index (χ2v) is 7.76. The molecule has 156 valence electrons. The van der Waals surface area contributed by atoms with E-state index >= 15 is 0 Å². The monoisotopic (exact) mass is 413 g/mol. The molecule has 2 N–H and O–H groups in total. The van der Waals surface area contributed by atoms with Crippen LogP contribution in [0.1, 0.15) is 33.3 Å². The Balaban J connectivity index is 1.30. The molecule has 0 spiro atoms. The molecular formula is C25H23N3O3. The van der Waals surface area contributed by atoms with E-state index in [1.54, 1.807) is 12.1 Å². The largest absolute Gasteiger partial charge is 0.507 e. The van der Waals surface area contributed by atoms with Gasteiger partial charge in [-0.3, -0.25) is 9.48 Å². The van der Waals surface area contributed by atoms with E-state index in [0.29, 0.717) is 19.7 Å². The number of aromatic hydroxyl groups is 1. The molecule has 2 heterocycles. The molecule has 1 amide bonds. The van der Waals surface area contributed by atoms with Gasteiger partial charge >= 0.3 is 0 Å². The van der Waals surface area contributed by atoms with Gasteiger partial charge in [-0.1, -0.05) is 54.6 Å². The van der Waals surface area contributed by atoms with E-state index in [0.717, 1.165) is 28.5 Å². The van der Waals surface area contributed by atoms with Crippen molar-refractivity contribution in [3.63, 3.8) is 0 Å². The number of hydrogen-bond donors (Lipinski definition) is 2. The van der Waals surface area contributed by atoms with Crippen molar-refractivity contribution >= 4 is 16.7 Å². The maximum Gasteiger partial charge on any atom is 0.255 e. The second kappa shape index (κ2) is 8.24. The van der Waals surface area contributed by atoms with Gasteiger partial charge in [-0.2, -0.15) is 5.10 Å². The van der Waals surface area contributed by atoms with Crippen molar-refractivity contribution in [3.05, 3.63) is 95.3 Å². The lowest BCUT2D eigenvalue weighted by Gasteiger charge is -2.22. The van der Waals surface area contributed by atoms with Crippen LogP contribution in [0, 0.1) is 0 Å². The van der Waals surface area contributed by atoms with E-state index in [1.165, 1.54) is 5.56 Å². The topological polar surface area (TPSA) is 76.4 Å². The number of aromatic nitrogens is 2. The van der Waals surface area contributed by atoms with E-state index in [2.05, 4.69) is 23.6 Å². The predicted molar refractivity (Wildman–Crippen MR) is 118 cm³/mol. The van der Waals surface area contributed by atoms with Crippen LogP contribution >= 0.6 is 0 Å². The summed E-state index contributed by atoms with van der Waals surface area (Å²) >= 11 is 0. The molecule has 0 saturated carbocycles. The fraction of sp³-hybridized carbons (Fsp3) is 0.200. The third-order valence-electron chi connectivity index (χ3n) is 5.61. The molecule has 0 saturated heterocycles. The summed E-state index contributed by atoms with van der Waals surface area (Å²) in [5.41, 5.74) is 3.45. The van der Waals surface area contributed by atoms with E-state index < -0.39 is 0 Å². The highest BCUT2D eigenvalue weighted by molar-refractivity contribution is 6.01. The summed E-state index contributed by atoms with van der Waals surface area (Å²) in [6, 6.07) is 21.1. The molecule has 6 nitrogen and oxygen atoms in total. The van der Waals surface area contributed by atoms with Crippen LogP contribution in [-0.4, -0.2) is 33.9 Å². The number of ether oxygens (including phenoxy) is 1. The van der Waals surface area contributed by atoms with Crippen molar-refractivity contribution in [1.82, 2.24) is 15.1 Å². The Morgan fingerprint density at radius 2 is 1.84 bits per heavy atom. The van der Waals surface area contributed by atoms with E-state index in [9.17, 15) is 9.90 Å². The Hall–Kier alpha value is -3.64. The summed E-state index contributed by atoms with van der Waals surface area (Å²) in [4.78, 5) is 12.8. The van der Waals surface area contributed by atoms with Gasteiger partial charge in [-0.15, -0.1) is 0 Å². The predicted octanol–water partition coefficient (Wildman–Crippen LogP) is 3.83. The summed E-state index contributed by atoms with van der Waals surface area (Å²) in [5, 5.41) is 19.7. The number of carbonyl (C=O) groups is 1. The molecule has 0 aliphatic carbocycles. The van der Waals surface area contributed by atoms with E-state index in [4.69, 9.17) is 9.84 Å². The van der Waals surface area contributed by atoms with Crippen molar-refractivity contribution in [1.29, 1.82) is 0 Å². The zero-order valence-electron chi connectivity index (χ0n) is 17.0. The molecule has 0 bridgehead atoms. The highest BCUT2D eigenvalue weighted by Gasteiger charge is 2.26. The molecule has 31 heavy (non-hydrogen) atoms. The van der Waals surface area contributed by atoms with Crippen LogP contribution in [0.5, 0.6) is 5.75 Å². The maximum absolute atomic E-state index is 12.8. The Labute approximate surface area is 180 Å². The first-order chi connectivity index (χ1) is 15.2. The molecule has 4 aromatic rings. The van der Waals surface area contributed by atoms with Crippen molar-refractivity contribution in [2.24, 2.45) is 0 Å². The van der Waals surface area contributed by atoms with E-state index in [-0.39, 0.29) is 23.3 Å². The lowest BCUT2D eigenvalue weighted by molar-refractivity contribution is 0.0383. The van der Waals surface area contributed by atoms with Gasteiger partial charge < -0.3 is 15.2 Å². The molecule has 3 aromatic carbocycles. The van der Waals surface area contributed by atoms with Crippen molar-refractivity contribution < 1.29 is 14.6 Å². The van der Waals surface area contributed by atoms with Crippen LogP contribution in [0.2, 0.25) is 0 Å². The number of benzene rings is 3. The number of carbonyl (C=O) groups excluding carboxylic acids is 1. The molecule has 1 aliphatic heterocycles. The van der Waals surface area contributed by atoms with Crippen LogP contribution in [-0.2, 0) is 17.7 Å². The first kappa shape index (κ1) is 19.3. The van der Waals surface area contributed by atoms with Gasteiger partial charge in [0.2, 0.25) is 0 Å². The Bertz CT molecular complexity index is 1230. The normalized spacial score (nSPS) is 15.5. The first-order valence-electron chi connectivity index (χ1n) is 10.4. The lowest BCUT2D eigenvalue weighted by Crippen LogP contribution is -2.32. The second-order valence-electron chi connectivity index (χ2n) is 7.76. The average Bonchev–Trinajstić information content (AvgIpc) is 3.20. The third-order valence-corrected chi connectivity index (χ3v) is 5.61. The number of hydrogen-bond acceptors (Lipinski definition) is 4.